The molecule has 0 spiro atoms. The van der Waals surface area contributed by atoms with Gasteiger partial charge >= 0.3 is 5.92 Å². The van der Waals surface area contributed by atoms with Gasteiger partial charge in [0.2, 0.25) is 11.7 Å². The van der Waals surface area contributed by atoms with Crippen molar-refractivity contribution in [2.24, 2.45) is 5.92 Å². The highest BCUT2D eigenvalue weighted by Crippen LogP contribution is 2.25. The van der Waals surface area contributed by atoms with E-state index in [2.05, 4.69) is 10.6 Å². The van der Waals surface area contributed by atoms with E-state index in [1.54, 1.807) is 61.5 Å². The Morgan fingerprint density at radius 2 is 1.45 bits per heavy atom. The third-order valence-electron chi connectivity index (χ3n) is 8.76. The number of hydrogen-bond acceptors (Lipinski definition) is 7. The number of aliphatic hydroxyl groups is 1. The number of ether oxygens (including phenoxy) is 1. The van der Waals surface area contributed by atoms with Gasteiger partial charge in [-0.2, -0.15) is 13.8 Å². The van der Waals surface area contributed by atoms with Crippen LogP contribution in [0.4, 0.5) is 8.78 Å². The number of Topliss-reactive ketones (excluding diaryl/α,β-unsaturated/α-hetero) is 1. The van der Waals surface area contributed by atoms with Crippen molar-refractivity contribution in [2.75, 3.05) is 13.2 Å². The van der Waals surface area contributed by atoms with Gasteiger partial charge in [-0.05, 0) is 47.2 Å². The normalized spacial score (nSPS) is 17.3. The van der Waals surface area contributed by atoms with Gasteiger partial charge in [-0.1, -0.05) is 110 Å². The number of carbonyl (C=O) groups is 3. The fourth-order valence-electron chi connectivity index (χ4n) is 5.89. The number of carbonyl (C=O) groups excluding carboxylic acids is 3. The van der Waals surface area contributed by atoms with Crippen LogP contribution in [0.5, 0.6) is 5.75 Å². The lowest BCUT2D eigenvalue weighted by molar-refractivity contribution is -0.166. The summed E-state index contributed by atoms with van der Waals surface area (Å²) in [6.45, 7) is 2.03. The minimum atomic E-state index is -4.45. The highest BCUT2D eigenvalue weighted by Gasteiger charge is 2.51. The van der Waals surface area contributed by atoms with Crippen LogP contribution in [0, 0.1) is 5.92 Å². The zero-order valence-corrected chi connectivity index (χ0v) is 28.4. The highest BCUT2D eigenvalue weighted by atomic mass is 19.3. The topological polar surface area (TPSA) is 117 Å². The number of rotatable bonds is 17. The molecule has 1 heterocycles. The molecule has 4 aromatic carbocycles. The van der Waals surface area contributed by atoms with Crippen molar-refractivity contribution in [1.29, 1.82) is 0 Å². The molecule has 0 aromatic heterocycles. The molecule has 9 nitrogen and oxygen atoms in total. The standard InChI is InChI=1S/C40H43F2N3O6/c1-28-26-51-45(25-33(46)20-17-29-11-5-2-6-12-29)36(28)38(48)44-35(37(47)40(41,42)39(49)43-24-31-13-7-3-8-14-31)23-30-18-21-34(22-19-30)50-27-32-15-9-4-10-16-32/h2-16,18-19,21-22,28,33,35-36,46H,17,20,23-27H2,1H3,(H,43,49)(H,44,48). The first-order valence-corrected chi connectivity index (χ1v) is 17.0. The Balaban J connectivity index is 1.28. The molecular weight excluding hydrogens is 656 g/mol. The van der Waals surface area contributed by atoms with Crippen LogP contribution >= 0.6 is 0 Å². The van der Waals surface area contributed by atoms with Crippen molar-refractivity contribution >= 4 is 17.6 Å². The van der Waals surface area contributed by atoms with E-state index in [1.165, 1.54) is 5.06 Å². The molecule has 4 aromatic rings. The zero-order valence-electron chi connectivity index (χ0n) is 28.4. The van der Waals surface area contributed by atoms with Crippen LogP contribution in [0.2, 0.25) is 0 Å². The monoisotopic (exact) mass is 699 g/mol. The summed E-state index contributed by atoms with van der Waals surface area (Å²) in [5.41, 5.74) is 3.05. The SMILES string of the molecule is CC1CON(CC(O)CCc2ccccc2)C1C(=O)NC(Cc1ccc(OCc2ccccc2)cc1)C(=O)C(F)(F)C(=O)NCc1ccccc1. The van der Waals surface area contributed by atoms with Crippen LogP contribution in [-0.4, -0.2) is 65.0 Å². The second-order valence-electron chi connectivity index (χ2n) is 12.8. The lowest BCUT2D eigenvalue weighted by Gasteiger charge is -2.28. The number of amides is 2. The molecule has 0 saturated carbocycles. The Morgan fingerprint density at radius 3 is 2.08 bits per heavy atom. The van der Waals surface area contributed by atoms with Crippen molar-refractivity contribution in [2.45, 2.75) is 63.4 Å². The maximum atomic E-state index is 15.6. The molecule has 0 aliphatic carbocycles. The molecule has 1 saturated heterocycles. The van der Waals surface area contributed by atoms with Crippen molar-refractivity contribution in [1.82, 2.24) is 15.7 Å². The minimum Gasteiger partial charge on any atom is -0.489 e. The molecule has 1 aliphatic rings. The maximum Gasteiger partial charge on any atom is 0.383 e. The molecule has 2 amide bonds. The second kappa shape index (κ2) is 17.8. The third kappa shape index (κ3) is 10.5. The number of alkyl halides is 2. The minimum absolute atomic E-state index is 0.00360. The highest BCUT2D eigenvalue weighted by molar-refractivity contribution is 6.10. The van der Waals surface area contributed by atoms with Crippen molar-refractivity contribution in [3.8, 4) is 5.75 Å². The number of β-amino-alcohol motifs (C(OH)–C–C–N with tert-alkyl or cyclic N) is 1. The van der Waals surface area contributed by atoms with E-state index in [0.29, 0.717) is 36.3 Å². The maximum absolute atomic E-state index is 15.6. The summed E-state index contributed by atoms with van der Waals surface area (Å²) in [4.78, 5) is 45.8. The Morgan fingerprint density at radius 1 is 0.863 bits per heavy atom. The van der Waals surface area contributed by atoms with Crippen molar-refractivity contribution in [3.05, 3.63) is 138 Å². The van der Waals surface area contributed by atoms with Gasteiger partial charge in [-0.3, -0.25) is 19.2 Å². The molecule has 3 N–H and O–H groups in total. The molecule has 1 fully saturated rings. The van der Waals surface area contributed by atoms with E-state index in [4.69, 9.17) is 9.57 Å². The van der Waals surface area contributed by atoms with E-state index in [9.17, 15) is 19.5 Å². The molecular formula is C40H43F2N3O6. The van der Waals surface area contributed by atoms with E-state index in [-0.39, 0.29) is 32.0 Å². The molecule has 4 atom stereocenters. The number of halogens is 2. The largest absolute Gasteiger partial charge is 0.489 e. The predicted molar refractivity (Wildman–Crippen MR) is 187 cm³/mol. The summed E-state index contributed by atoms with van der Waals surface area (Å²) in [6.07, 6.45) is -0.143. The fraction of sp³-hybridized carbons (Fsp3) is 0.325. The number of aliphatic hydroxyl groups excluding tert-OH is 1. The van der Waals surface area contributed by atoms with Gasteiger partial charge < -0.3 is 20.5 Å². The van der Waals surface area contributed by atoms with E-state index < -0.39 is 41.7 Å². The van der Waals surface area contributed by atoms with Gasteiger partial charge in [0.1, 0.15) is 18.4 Å². The molecule has 268 valence electrons. The van der Waals surface area contributed by atoms with Crippen LogP contribution in [0.3, 0.4) is 0 Å². The summed E-state index contributed by atoms with van der Waals surface area (Å²) in [5, 5.41) is 16.8. The summed E-state index contributed by atoms with van der Waals surface area (Å²) >= 11 is 0. The summed E-state index contributed by atoms with van der Waals surface area (Å²) in [6, 6.07) is 31.5. The van der Waals surface area contributed by atoms with Crippen LogP contribution in [0.15, 0.2) is 115 Å². The predicted octanol–water partition coefficient (Wildman–Crippen LogP) is 5.06. The van der Waals surface area contributed by atoms with Crippen LogP contribution in [-0.2, 0) is 45.2 Å². The Bertz CT molecular complexity index is 1710. The lowest BCUT2D eigenvalue weighted by atomic mass is 9.96. The molecule has 51 heavy (non-hydrogen) atoms. The molecule has 1 aliphatic heterocycles. The first kappa shape index (κ1) is 37.3. The number of aryl methyl sites for hydroxylation is 1. The Labute approximate surface area is 296 Å². The Kier molecular flexibility index (Phi) is 13.0. The average molecular weight is 700 g/mol. The lowest BCUT2D eigenvalue weighted by Crippen LogP contribution is -2.58. The quantitative estimate of drug-likeness (QED) is 0.132. The van der Waals surface area contributed by atoms with Crippen LogP contribution in [0.25, 0.3) is 0 Å². The third-order valence-corrected chi connectivity index (χ3v) is 8.76. The molecule has 4 unspecified atom stereocenters. The van der Waals surface area contributed by atoms with Crippen LogP contribution in [0.1, 0.15) is 35.6 Å². The number of hydroxylamine groups is 2. The van der Waals surface area contributed by atoms with Crippen LogP contribution < -0.4 is 15.4 Å². The average Bonchev–Trinajstić information content (AvgIpc) is 3.52. The van der Waals surface area contributed by atoms with Gasteiger partial charge in [0.05, 0.1) is 25.3 Å². The van der Waals surface area contributed by atoms with Gasteiger partial charge in [-0.15, -0.1) is 0 Å². The molecule has 11 heteroatoms. The summed E-state index contributed by atoms with van der Waals surface area (Å²) in [7, 11) is 0. The number of hydrogen-bond donors (Lipinski definition) is 3. The molecule has 0 radical (unpaired) electrons. The zero-order chi connectivity index (χ0) is 36.2. The van der Waals surface area contributed by atoms with Gasteiger partial charge in [0.25, 0.3) is 5.91 Å². The summed E-state index contributed by atoms with van der Waals surface area (Å²) in [5.74, 6) is -8.53. The first-order chi connectivity index (χ1) is 24.6. The number of nitrogens with one attached hydrogen (secondary N) is 2. The van der Waals surface area contributed by atoms with Gasteiger partial charge in [0.15, 0.2) is 0 Å². The van der Waals surface area contributed by atoms with Crippen molar-refractivity contribution in [3.63, 3.8) is 0 Å². The van der Waals surface area contributed by atoms with E-state index in [1.807, 2.05) is 60.7 Å². The molecule has 0 bridgehead atoms. The summed E-state index contributed by atoms with van der Waals surface area (Å²) < 4.78 is 37.0. The van der Waals surface area contributed by atoms with E-state index >= 15 is 8.78 Å². The smallest absolute Gasteiger partial charge is 0.383 e. The Hall–Kier alpha value is -4.97. The number of nitrogens with zero attached hydrogens (tertiary/aromatic N) is 1. The van der Waals surface area contributed by atoms with Gasteiger partial charge in [0, 0.05) is 18.9 Å². The number of ketones is 1. The van der Waals surface area contributed by atoms with Crippen molar-refractivity contribution < 1.29 is 37.8 Å². The number of benzene rings is 4. The second-order valence-corrected chi connectivity index (χ2v) is 12.8. The molecule has 5 rings (SSSR count). The van der Waals surface area contributed by atoms with Gasteiger partial charge in [-0.25, -0.2) is 0 Å². The first-order valence-electron chi connectivity index (χ1n) is 17.0. The fourth-order valence-corrected chi connectivity index (χ4v) is 5.89. The van der Waals surface area contributed by atoms with E-state index in [0.717, 1.165) is 11.1 Å².